The summed E-state index contributed by atoms with van der Waals surface area (Å²) in [5, 5.41) is 2.89. The number of anilines is 1. The summed E-state index contributed by atoms with van der Waals surface area (Å²) in [5.41, 5.74) is 6.71. The van der Waals surface area contributed by atoms with Crippen LogP contribution in [0.15, 0.2) is 18.3 Å². The summed E-state index contributed by atoms with van der Waals surface area (Å²) in [6.45, 7) is 8.66. The lowest BCUT2D eigenvalue weighted by molar-refractivity contribution is -0.125. The van der Waals surface area contributed by atoms with Gasteiger partial charge in [0.2, 0.25) is 5.91 Å². The number of amides is 1. The minimum Gasteiger partial charge on any atom is -0.375 e. The molecular weight excluding hydrogens is 280 g/mol. The Hall–Kier alpha value is -1.66. The molecule has 1 aromatic heterocycles. The summed E-state index contributed by atoms with van der Waals surface area (Å²) in [6.07, 6.45) is 2.04. The Kier molecular flexibility index (Phi) is 5.74. The molecule has 6 heteroatoms. The fraction of sp³-hybridized carbons (Fsp3) is 0.625. The SMILES string of the molecule is CC1CN(c2ccc(CNC(=O)C(C)C(C)N)cn2)CCO1. The van der Waals surface area contributed by atoms with Crippen molar-refractivity contribution < 1.29 is 9.53 Å². The third kappa shape index (κ3) is 4.42. The zero-order chi connectivity index (χ0) is 16.1. The van der Waals surface area contributed by atoms with Crippen molar-refractivity contribution >= 4 is 11.7 Å². The van der Waals surface area contributed by atoms with Gasteiger partial charge in [-0.2, -0.15) is 0 Å². The van der Waals surface area contributed by atoms with Crippen LogP contribution in [0.4, 0.5) is 5.82 Å². The standard InChI is InChI=1S/C16H26N4O2/c1-11-10-20(6-7-22-11)15-5-4-14(8-18-15)9-19-16(21)12(2)13(3)17/h4-5,8,11-13H,6-7,9-10,17H2,1-3H3,(H,19,21). The number of nitrogens with one attached hydrogen (secondary N) is 1. The minimum atomic E-state index is -0.193. The molecule has 2 heterocycles. The summed E-state index contributed by atoms with van der Waals surface area (Å²) in [5.74, 6) is 0.734. The molecule has 3 N–H and O–H groups in total. The minimum absolute atomic E-state index is 0.0268. The highest BCUT2D eigenvalue weighted by Gasteiger charge is 2.18. The van der Waals surface area contributed by atoms with E-state index in [0.717, 1.165) is 31.1 Å². The Morgan fingerprint density at radius 1 is 1.55 bits per heavy atom. The number of nitrogens with two attached hydrogens (primary N) is 1. The lowest BCUT2D eigenvalue weighted by Crippen LogP contribution is -2.41. The topological polar surface area (TPSA) is 80.5 Å². The van der Waals surface area contributed by atoms with Gasteiger partial charge in [0.05, 0.1) is 12.7 Å². The number of carbonyl (C=O) groups is 1. The maximum Gasteiger partial charge on any atom is 0.224 e. The predicted molar refractivity (Wildman–Crippen MR) is 86.5 cm³/mol. The fourth-order valence-electron chi connectivity index (χ4n) is 2.32. The molecule has 1 aliphatic rings. The van der Waals surface area contributed by atoms with Crippen LogP contribution in [0.5, 0.6) is 0 Å². The lowest BCUT2D eigenvalue weighted by Gasteiger charge is -2.32. The molecule has 1 saturated heterocycles. The Balaban J connectivity index is 1.88. The molecule has 0 aliphatic carbocycles. The van der Waals surface area contributed by atoms with Crippen LogP contribution in [0.25, 0.3) is 0 Å². The number of ether oxygens (including phenoxy) is 1. The average molecular weight is 306 g/mol. The van der Waals surface area contributed by atoms with Crippen LogP contribution in [0.1, 0.15) is 26.3 Å². The molecule has 0 bridgehead atoms. The number of pyridine rings is 1. The van der Waals surface area contributed by atoms with Gasteiger partial charge in [-0.3, -0.25) is 4.79 Å². The van der Waals surface area contributed by atoms with Gasteiger partial charge >= 0.3 is 0 Å². The first-order valence-electron chi connectivity index (χ1n) is 7.82. The van der Waals surface area contributed by atoms with Gasteiger partial charge in [-0.15, -0.1) is 0 Å². The van der Waals surface area contributed by atoms with E-state index in [2.05, 4.69) is 22.1 Å². The quantitative estimate of drug-likeness (QED) is 0.845. The van der Waals surface area contributed by atoms with E-state index >= 15 is 0 Å². The van der Waals surface area contributed by atoms with E-state index < -0.39 is 0 Å². The molecule has 122 valence electrons. The van der Waals surface area contributed by atoms with Gasteiger partial charge in [0, 0.05) is 37.8 Å². The highest BCUT2D eigenvalue weighted by molar-refractivity contribution is 5.78. The van der Waals surface area contributed by atoms with Crippen LogP contribution in [0, 0.1) is 5.92 Å². The van der Waals surface area contributed by atoms with Crippen molar-refractivity contribution in [2.24, 2.45) is 11.7 Å². The van der Waals surface area contributed by atoms with Crippen molar-refractivity contribution in [2.75, 3.05) is 24.6 Å². The van der Waals surface area contributed by atoms with Crippen molar-refractivity contribution in [3.63, 3.8) is 0 Å². The van der Waals surface area contributed by atoms with Crippen LogP contribution >= 0.6 is 0 Å². The van der Waals surface area contributed by atoms with Crippen LogP contribution in [0.3, 0.4) is 0 Å². The van der Waals surface area contributed by atoms with E-state index in [4.69, 9.17) is 10.5 Å². The Bertz CT molecular complexity index is 489. The molecular formula is C16H26N4O2. The van der Waals surface area contributed by atoms with Crippen molar-refractivity contribution in [3.8, 4) is 0 Å². The van der Waals surface area contributed by atoms with Gasteiger partial charge in [-0.1, -0.05) is 13.0 Å². The average Bonchev–Trinajstić information content (AvgIpc) is 2.52. The van der Waals surface area contributed by atoms with Crippen molar-refractivity contribution in [3.05, 3.63) is 23.9 Å². The van der Waals surface area contributed by atoms with Gasteiger partial charge in [-0.25, -0.2) is 4.98 Å². The first-order chi connectivity index (χ1) is 10.5. The van der Waals surface area contributed by atoms with E-state index in [9.17, 15) is 4.79 Å². The van der Waals surface area contributed by atoms with Gasteiger partial charge in [-0.05, 0) is 25.5 Å². The maximum absolute atomic E-state index is 11.9. The number of morpholine rings is 1. The lowest BCUT2D eigenvalue weighted by atomic mass is 10.0. The van der Waals surface area contributed by atoms with E-state index in [1.165, 1.54) is 0 Å². The predicted octanol–water partition coefficient (Wildman–Crippen LogP) is 0.906. The number of rotatable bonds is 5. The molecule has 1 aliphatic heterocycles. The van der Waals surface area contributed by atoms with Crippen LogP contribution in [-0.4, -0.2) is 42.7 Å². The summed E-state index contributed by atoms with van der Waals surface area (Å²) >= 11 is 0. The van der Waals surface area contributed by atoms with E-state index in [1.54, 1.807) is 0 Å². The van der Waals surface area contributed by atoms with E-state index in [1.807, 2.05) is 32.2 Å². The number of aromatic nitrogens is 1. The number of nitrogens with zero attached hydrogens (tertiary/aromatic N) is 2. The van der Waals surface area contributed by atoms with Crippen LogP contribution in [0.2, 0.25) is 0 Å². The Morgan fingerprint density at radius 2 is 2.32 bits per heavy atom. The molecule has 3 unspecified atom stereocenters. The molecule has 0 spiro atoms. The zero-order valence-corrected chi connectivity index (χ0v) is 13.6. The highest BCUT2D eigenvalue weighted by atomic mass is 16.5. The van der Waals surface area contributed by atoms with Crippen molar-refractivity contribution in [1.29, 1.82) is 0 Å². The molecule has 1 amide bonds. The summed E-state index contributed by atoms with van der Waals surface area (Å²) in [6, 6.07) is 3.84. The third-order valence-corrected chi connectivity index (χ3v) is 4.04. The van der Waals surface area contributed by atoms with Crippen molar-refractivity contribution in [2.45, 2.75) is 39.5 Å². The number of hydrogen-bond donors (Lipinski definition) is 2. The molecule has 0 saturated carbocycles. The maximum atomic E-state index is 11.9. The van der Waals surface area contributed by atoms with Crippen LogP contribution < -0.4 is 16.0 Å². The van der Waals surface area contributed by atoms with Gasteiger partial charge in [0.1, 0.15) is 5.82 Å². The first-order valence-corrected chi connectivity index (χ1v) is 7.82. The first kappa shape index (κ1) is 16.7. The van der Waals surface area contributed by atoms with Gasteiger partial charge in [0.15, 0.2) is 0 Å². The second-order valence-corrected chi connectivity index (χ2v) is 6.02. The van der Waals surface area contributed by atoms with Crippen LogP contribution in [-0.2, 0) is 16.1 Å². The molecule has 0 radical (unpaired) electrons. The molecule has 1 fully saturated rings. The smallest absolute Gasteiger partial charge is 0.224 e. The van der Waals surface area contributed by atoms with Gasteiger partial charge in [0.25, 0.3) is 0 Å². The summed E-state index contributed by atoms with van der Waals surface area (Å²) in [7, 11) is 0. The normalized spacial score (nSPS) is 21.3. The monoisotopic (exact) mass is 306 g/mol. The second kappa shape index (κ2) is 7.56. The van der Waals surface area contributed by atoms with Crippen molar-refractivity contribution in [1.82, 2.24) is 10.3 Å². The number of hydrogen-bond acceptors (Lipinski definition) is 5. The molecule has 6 nitrogen and oxygen atoms in total. The highest BCUT2D eigenvalue weighted by Crippen LogP contribution is 2.15. The summed E-state index contributed by atoms with van der Waals surface area (Å²) in [4.78, 5) is 18.6. The largest absolute Gasteiger partial charge is 0.375 e. The summed E-state index contributed by atoms with van der Waals surface area (Å²) < 4.78 is 5.53. The van der Waals surface area contributed by atoms with E-state index in [0.29, 0.717) is 6.54 Å². The molecule has 0 aromatic carbocycles. The Labute approximate surface area is 132 Å². The van der Waals surface area contributed by atoms with Gasteiger partial charge < -0.3 is 20.7 Å². The Morgan fingerprint density at radius 3 is 2.91 bits per heavy atom. The fourth-order valence-corrected chi connectivity index (χ4v) is 2.32. The second-order valence-electron chi connectivity index (χ2n) is 6.02. The molecule has 2 rings (SSSR count). The molecule has 3 atom stereocenters. The zero-order valence-electron chi connectivity index (χ0n) is 13.6. The molecule has 1 aromatic rings. The number of carbonyl (C=O) groups excluding carboxylic acids is 1. The third-order valence-electron chi connectivity index (χ3n) is 4.04. The molecule has 22 heavy (non-hydrogen) atoms. The van der Waals surface area contributed by atoms with E-state index in [-0.39, 0.29) is 24.0 Å².